The molecule has 0 fully saturated rings. The van der Waals surface area contributed by atoms with Crippen LogP contribution in [0, 0.1) is 21.8 Å². The molecule has 0 aliphatic rings. The maximum Gasteiger partial charge on any atom is 0.253 e. The van der Waals surface area contributed by atoms with Crippen molar-refractivity contribution < 1.29 is 4.79 Å². The third-order valence-corrected chi connectivity index (χ3v) is 2.61. The van der Waals surface area contributed by atoms with Crippen LogP contribution in [0.3, 0.4) is 0 Å². The first-order valence-corrected chi connectivity index (χ1v) is 4.92. The zero-order chi connectivity index (χ0) is 10.0. The minimum Gasteiger partial charge on any atom is -0.276 e. The van der Waals surface area contributed by atoms with Gasteiger partial charge >= 0.3 is 0 Å². The van der Waals surface area contributed by atoms with Crippen LogP contribution in [-0.2, 0) is 0 Å². The van der Waals surface area contributed by atoms with Crippen LogP contribution in [0.25, 0.3) is 0 Å². The second-order valence-electron chi connectivity index (χ2n) is 2.55. The Bertz CT molecular complexity index is 409. The number of carbonyl (C=O) groups is 1. The van der Waals surface area contributed by atoms with Gasteiger partial charge in [-0.05, 0) is 58.8 Å². The average Bonchev–Trinajstić information content (AvgIpc) is 2.02. The lowest BCUT2D eigenvalue weighted by Gasteiger charge is -2.02. The molecule has 0 N–H and O–H groups in total. The summed E-state index contributed by atoms with van der Waals surface area (Å²) in [6, 6.07) is 5.42. The standard InChI is InChI=1S/C9H5ClINO/c1-5-2-6(9(10)13)7(4-12)8(11)3-5/h2-3H,1H3. The van der Waals surface area contributed by atoms with E-state index < -0.39 is 5.24 Å². The van der Waals surface area contributed by atoms with E-state index in [1.54, 1.807) is 6.07 Å². The van der Waals surface area contributed by atoms with Crippen molar-refractivity contribution >= 4 is 39.4 Å². The van der Waals surface area contributed by atoms with Crippen molar-refractivity contribution in [2.45, 2.75) is 6.92 Å². The second-order valence-corrected chi connectivity index (χ2v) is 4.06. The molecule has 4 heteroatoms. The lowest BCUT2D eigenvalue weighted by atomic mass is 10.1. The molecular weight excluding hydrogens is 300 g/mol. The number of carbonyl (C=O) groups excluding carboxylic acids is 1. The zero-order valence-electron chi connectivity index (χ0n) is 6.77. The van der Waals surface area contributed by atoms with E-state index in [1.165, 1.54) is 0 Å². The quantitative estimate of drug-likeness (QED) is 0.591. The van der Waals surface area contributed by atoms with Gasteiger partial charge in [-0.25, -0.2) is 0 Å². The summed E-state index contributed by atoms with van der Waals surface area (Å²) in [4.78, 5) is 10.9. The number of benzene rings is 1. The van der Waals surface area contributed by atoms with E-state index in [1.807, 2.05) is 41.7 Å². The van der Waals surface area contributed by atoms with Crippen LogP contribution in [0.15, 0.2) is 12.1 Å². The predicted octanol–water partition coefficient (Wildman–Crippen LogP) is 2.85. The third-order valence-electron chi connectivity index (χ3n) is 1.56. The second kappa shape index (κ2) is 4.07. The Balaban J connectivity index is 3.50. The fourth-order valence-electron chi connectivity index (χ4n) is 1.01. The van der Waals surface area contributed by atoms with Crippen LogP contribution in [-0.4, -0.2) is 5.24 Å². The Morgan fingerprint density at radius 3 is 2.69 bits per heavy atom. The summed E-state index contributed by atoms with van der Waals surface area (Å²) in [5.41, 5.74) is 1.56. The predicted molar refractivity (Wildman–Crippen MR) is 58.8 cm³/mol. The van der Waals surface area contributed by atoms with Crippen LogP contribution in [0.4, 0.5) is 0 Å². The number of rotatable bonds is 1. The Morgan fingerprint density at radius 2 is 2.23 bits per heavy atom. The highest BCUT2D eigenvalue weighted by molar-refractivity contribution is 14.1. The fourth-order valence-corrected chi connectivity index (χ4v) is 2.06. The summed E-state index contributed by atoms with van der Waals surface area (Å²) in [5.74, 6) is 0. The van der Waals surface area contributed by atoms with E-state index in [0.717, 1.165) is 9.13 Å². The highest BCUT2D eigenvalue weighted by Crippen LogP contribution is 2.20. The Labute approximate surface area is 94.6 Å². The van der Waals surface area contributed by atoms with Gasteiger partial charge < -0.3 is 0 Å². The molecular formula is C9H5ClINO. The molecule has 2 nitrogen and oxygen atoms in total. The molecule has 0 unspecified atom stereocenters. The first-order chi connectivity index (χ1) is 6.06. The number of hydrogen-bond donors (Lipinski definition) is 0. The third kappa shape index (κ3) is 2.20. The number of nitriles is 1. The highest BCUT2D eigenvalue weighted by Gasteiger charge is 2.12. The molecule has 1 aromatic carbocycles. The van der Waals surface area contributed by atoms with Gasteiger partial charge in [-0.15, -0.1) is 0 Å². The van der Waals surface area contributed by atoms with E-state index in [2.05, 4.69) is 0 Å². The van der Waals surface area contributed by atoms with Gasteiger partial charge in [0.15, 0.2) is 0 Å². The number of nitrogens with zero attached hydrogens (tertiary/aromatic N) is 1. The maximum absolute atomic E-state index is 10.9. The van der Waals surface area contributed by atoms with Crippen LogP contribution in [0.2, 0.25) is 0 Å². The van der Waals surface area contributed by atoms with Crippen molar-refractivity contribution in [3.05, 3.63) is 32.4 Å². The molecule has 0 spiro atoms. The summed E-state index contributed by atoms with van der Waals surface area (Å²) in [6.07, 6.45) is 0. The van der Waals surface area contributed by atoms with Crippen molar-refractivity contribution in [2.75, 3.05) is 0 Å². The highest BCUT2D eigenvalue weighted by atomic mass is 127. The lowest BCUT2D eigenvalue weighted by molar-refractivity contribution is 0.108. The lowest BCUT2D eigenvalue weighted by Crippen LogP contribution is -1.97. The summed E-state index contributed by atoms with van der Waals surface area (Å²) in [5, 5.41) is 8.19. The van der Waals surface area contributed by atoms with Gasteiger partial charge in [0, 0.05) is 3.57 Å². The van der Waals surface area contributed by atoms with Gasteiger partial charge in [0.05, 0.1) is 11.1 Å². The minimum absolute atomic E-state index is 0.286. The SMILES string of the molecule is Cc1cc(I)c(C#N)c(C(=O)Cl)c1. The van der Waals surface area contributed by atoms with Crippen molar-refractivity contribution in [2.24, 2.45) is 0 Å². The molecule has 66 valence electrons. The van der Waals surface area contributed by atoms with Gasteiger partial charge in [-0.3, -0.25) is 4.79 Å². The molecule has 0 saturated carbocycles. The van der Waals surface area contributed by atoms with Gasteiger partial charge in [-0.1, -0.05) is 0 Å². The number of halogens is 2. The van der Waals surface area contributed by atoms with E-state index in [0.29, 0.717) is 5.56 Å². The van der Waals surface area contributed by atoms with E-state index in [-0.39, 0.29) is 5.56 Å². The van der Waals surface area contributed by atoms with E-state index in [9.17, 15) is 4.79 Å². The molecule has 0 heterocycles. The molecule has 1 rings (SSSR count). The molecule has 0 radical (unpaired) electrons. The Kier molecular flexibility index (Phi) is 3.28. The normalized spacial score (nSPS) is 9.38. The van der Waals surface area contributed by atoms with Crippen LogP contribution < -0.4 is 0 Å². The summed E-state index contributed by atoms with van der Waals surface area (Å²) < 4.78 is 0.754. The summed E-state index contributed by atoms with van der Waals surface area (Å²) in [7, 11) is 0. The van der Waals surface area contributed by atoms with Gasteiger partial charge in [-0.2, -0.15) is 5.26 Å². The topological polar surface area (TPSA) is 40.9 Å². The molecule has 1 aromatic rings. The minimum atomic E-state index is -0.585. The maximum atomic E-state index is 10.9. The molecule has 0 amide bonds. The fraction of sp³-hybridized carbons (Fsp3) is 0.111. The molecule has 0 aliphatic heterocycles. The zero-order valence-corrected chi connectivity index (χ0v) is 9.68. The first kappa shape index (κ1) is 10.5. The first-order valence-electron chi connectivity index (χ1n) is 3.46. The molecule has 13 heavy (non-hydrogen) atoms. The van der Waals surface area contributed by atoms with Crippen molar-refractivity contribution in [3.63, 3.8) is 0 Å². The monoisotopic (exact) mass is 305 g/mol. The van der Waals surface area contributed by atoms with E-state index in [4.69, 9.17) is 16.9 Å². The summed E-state index contributed by atoms with van der Waals surface area (Å²) >= 11 is 7.35. The average molecular weight is 306 g/mol. The van der Waals surface area contributed by atoms with Gasteiger partial charge in [0.25, 0.3) is 5.24 Å². The van der Waals surface area contributed by atoms with Crippen molar-refractivity contribution in [1.82, 2.24) is 0 Å². The number of aryl methyl sites for hydroxylation is 1. The van der Waals surface area contributed by atoms with E-state index >= 15 is 0 Å². The number of hydrogen-bond acceptors (Lipinski definition) is 2. The Hall–Kier alpha value is -0.600. The molecule has 0 atom stereocenters. The largest absolute Gasteiger partial charge is 0.276 e. The van der Waals surface area contributed by atoms with Crippen LogP contribution in [0.5, 0.6) is 0 Å². The van der Waals surface area contributed by atoms with Gasteiger partial charge in [0.2, 0.25) is 0 Å². The molecule has 0 bridgehead atoms. The summed E-state index contributed by atoms with van der Waals surface area (Å²) in [6.45, 7) is 1.85. The Morgan fingerprint density at radius 1 is 1.62 bits per heavy atom. The van der Waals surface area contributed by atoms with Gasteiger partial charge in [0.1, 0.15) is 6.07 Å². The molecule has 0 aromatic heterocycles. The van der Waals surface area contributed by atoms with Crippen LogP contribution >= 0.6 is 34.2 Å². The van der Waals surface area contributed by atoms with Crippen molar-refractivity contribution in [1.29, 1.82) is 5.26 Å². The smallest absolute Gasteiger partial charge is 0.253 e. The van der Waals surface area contributed by atoms with Crippen molar-refractivity contribution in [3.8, 4) is 6.07 Å². The molecule has 0 saturated heterocycles. The molecule has 0 aliphatic carbocycles. The van der Waals surface area contributed by atoms with Crippen LogP contribution in [0.1, 0.15) is 21.5 Å².